The number of hydrogen-bond acceptors (Lipinski definition) is 3. The summed E-state index contributed by atoms with van der Waals surface area (Å²) in [4.78, 5) is 26.3. The first-order chi connectivity index (χ1) is 7.38. The Morgan fingerprint density at radius 2 is 1.38 bits per heavy atom. The molecule has 0 aromatic rings. The van der Waals surface area contributed by atoms with Crippen molar-refractivity contribution in [1.82, 2.24) is 4.90 Å². The van der Waals surface area contributed by atoms with Gasteiger partial charge in [0.05, 0.1) is 0 Å². The fourth-order valence-corrected chi connectivity index (χ4v) is 2.31. The molecular formula is C13H21NO2. The van der Waals surface area contributed by atoms with Crippen molar-refractivity contribution in [3.05, 3.63) is 11.1 Å². The second-order valence-corrected chi connectivity index (χ2v) is 4.70. The van der Waals surface area contributed by atoms with E-state index in [-0.39, 0.29) is 11.6 Å². The first kappa shape index (κ1) is 13.1. The van der Waals surface area contributed by atoms with Crippen molar-refractivity contribution in [3.63, 3.8) is 0 Å². The van der Waals surface area contributed by atoms with E-state index in [4.69, 9.17) is 0 Å². The van der Waals surface area contributed by atoms with Crippen LogP contribution in [-0.4, -0.2) is 36.1 Å². The minimum Gasteiger partial charge on any atom is -0.302 e. The second-order valence-electron chi connectivity index (χ2n) is 4.70. The summed E-state index contributed by atoms with van der Waals surface area (Å²) in [6.45, 7) is 11.6. The molecule has 0 heterocycles. The van der Waals surface area contributed by atoms with Gasteiger partial charge in [-0.25, -0.2) is 0 Å². The van der Waals surface area contributed by atoms with Gasteiger partial charge >= 0.3 is 0 Å². The fourth-order valence-electron chi connectivity index (χ4n) is 2.31. The van der Waals surface area contributed by atoms with Crippen molar-refractivity contribution in [2.75, 3.05) is 19.6 Å². The fraction of sp³-hybridized carbons (Fsp3) is 0.692. The van der Waals surface area contributed by atoms with Crippen LogP contribution in [0.5, 0.6) is 0 Å². The number of rotatable bonds is 4. The number of hydrogen-bond donors (Lipinski definition) is 0. The monoisotopic (exact) mass is 223 g/mol. The van der Waals surface area contributed by atoms with Gasteiger partial charge in [0, 0.05) is 6.54 Å². The minimum absolute atomic E-state index is 0.00176. The third kappa shape index (κ3) is 1.84. The lowest BCUT2D eigenvalue weighted by molar-refractivity contribution is -0.134. The minimum atomic E-state index is -0.847. The highest BCUT2D eigenvalue weighted by molar-refractivity contribution is 6.27. The molecule has 90 valence electrons. The van der Waals surface area contributed by atoms with Gasteiger partial charge in [0.25, 0.3) is 0 Å². The number of nitrogens with zero attached hydrogens (tertiary/aromatic N) is 1. The van der Waals surface area contributed by atoms with Gasteiger partial charge < -0.3 is 4.90 Å². The van der Waals surface area contributed by atoms with Crippen LogP contribution in [0.2, 0.25) is 0 Å². The molecule has 0 saturated heterocycles. The predicted octanol–water partition coefficient (Wildman–Crippen LogP) is 1.82. The molecule has 0 aromatic carbocycles. The molecule has 0 saturated carbocycles. The molecule has 0 aromatic heterocycles. The van der Waals surface area contributed by atoms with Crippen molar-refractivity contribution < 1.29 is 9.59 Å². The number of carbonyl (C=O) groups excluding carboxylic acids is 2. The van der Waals surface area contributed by atoms with E-state index in [0.29, 0.717) is 17.7 Å². The van der Waals surface area contributed by atoms with Crippen molar-refractivity contribution >= 4 is 11.6 Å². The molecule has 0 radical (unpaired) electrons. The third-order valence-corrected chi connectivity index (χ3v) is 3.68. The summed E-state index contributed by atoms with van der Waals surface area (Å²) >= 11 is 0. The Bertz CT molecular complexity index is 327. The van der Waals surface area contributed by atoms with Gasteiger partial charge in [-0.2, -0.15) is 0 Å². The van der Waals surface area contributed by atoms with Gasteiger partial charge in [-0.3, -0.25) is 9.59 Å². The Morgan fingerprint density at radius 3 is 1.69 bits per heavy atom. The number of allylic oxidation sites excluding steroid dienone is 2. The van der Waals surface area contributed by atoms with Gasteiger partial charge in [0.2, 0.25) is 0 Å². The highest BCUT2D eigenvalue weighted by Crippen LogP contribution is 2.35. The number of ketones is 2. The van der Waals surface area contributed by atoms with Crippen molar-refractivity contribution in [1.29, 1.82) is 0 Å². The van der Waals surface area contributed by atoms with Gasteiger partial charge in [-0.05, 0) is 45.0 Å². The zero-order valence-corrected chi connectivity index (χ0v) is 10.9. The summed E-state index contributed by atoms with van der Waals surface area (Å²) in [6.07, 6.45) is 0. The van der Waals surface area contributed by atoms with E-state index in [2.05, 4.69) is 4.90 Å². The molecule has 0 bridgehead atoms. The van der Waals surface area contributed by atoms with Crippen LogP contribution in [0.4, 0.5) is 0 Å². The van der Waals surface area contributed by atoms with Crippen LogP contribution < -0.4 is 0 Å². The lowest BCUT2D eigenvalue weighted by Crippen LogP contribution is -2.43. The summed E-state index contributed by atoms with van der Waals surface area (Å²) in [5.41, 5.74) is 0.430. The SMILES string of the molecule is CCN(CC)CC1(C)C(=O)C(C)=C(C)C1=O. The molecule has 0 N–H and O–H groups in total. The van der Waals surface area contributed by atoms with Crippen LogP contribution in [0.15, 0.2) is 11.1 Å². The van der Waals surface area contributed by atoms with Gasteiger partial charge in [0.15, 0.2) is 11.6 Å². The molecule has 3 nitrogen and oxygen atoms in total. The van der Waals surface area contributed by atoms with E-state index in [1.165, 1.54) is 0 Å². The number of carbonyl (C=O) groups is 2. The molecule has 1 aliphatic rings. The Balaban J connectivity index is 2.97. The molecule has 0 fully saturated rings. The van der Waals surface area contributed by atoms with E-state index in [1.54, 1.807) is 20.8 Å². The summed E-state index contributed by atoms with van der Waals surface area (Å²) in [5.74, 6) is 0.00352. The maximum atomic E-state index is 12.1. The zero-order chi connectivity index (χ0) is 12.5. The van der Waals surface area contributed by atoms with Gasteiger partial charge in [0.1, 0.15) is 5.41 Å². The molecule has 0 unspecified atom stereocenters. The van der Waals surface area contributed by atoms with Crippen molar-refractivity contribution in [2.45, 2.75) is 34.6 Å². The number of Topliss-reactive ketones (excluding diaryl/α,β-unsaturated/α-hetero) is 2. The van der Waals surface area contributed by atoms with E-state index < -0.39 is 5.41 Å². The highest BCUT2D eigenvalue weighted by Gasteiger charge is 2.48. The molecule has 1 aliphatic carbocycles. The summed E-state index contributed by atoms with van der Waals surface area (Å²) in [7, 11) is 0. The highest BCUT2D eigenvalue weighted by atomic mass is 16.2. The quantitative estimate of drug-likeness (QED) is 0.682. The molecular weight excluding hydrogens is 202 g/mol. The Hall–Kier alpha value is -0.960. The van der Waals surface area contributed by atoms with Crippen LogP contribution in [0.25, 0.3) is 0 Å². The second kappa shape index (κ2) is 4.50. The maximum Gasteiger partial charge on any atom is 0.173 e. The molecule has 0 amide bonds. The molecule has 0 aliphatic heterocycles. The topological polar surface area (TPSA) is 37.4 Å². The molecule has 0 atom stereocenters. The molecule has 0 spiro atoms. The Morgan fingerprint density at radius 1 is 1.00 bits per heavy atom. The molecule has 16 heavy (non-hydrogen) atoms. The molecule has 1 rings (SSSR count). The van der Waals surface area contributed by atoms with E-state index in [0.717, 1.165) is 13.1 Å². The van der Waals surface area contributed by atoms with Crippen molar-refractivity contribution in [2.24, 2.45) is 5.41 Å². The first-order valence-electron chi connectivity index (χ1n) is 5.87. The lowest BCUT2D eigenvalue weighted by Gasteiger charge is -2.28. The zero-order valence-electron chi connectivity index (χ0n) is 10.9. The Labute approximate surface area is 97.5 Å². The van der Waals surface area contributed by atoms with Gasteiger partial charge in [-0.1, -0.05) is 13.8 Å². The van der Waals surface area contributed by atoms with Crippen LogP contribution in [0.3, 0.4) is 0 Å². The summed E-state index contributed by atoms with van der Waals surface area (Å²) < 4.78 is 0. The third-order valence-electron chi connectivity index (χ3n) is 3.68. The average Bonchev–Trinajstić information content (AvgIpc) is 2.43. The van der Waals surface area contributed by atoms with Crippen molar-refractivity contribution in [3.8, 4) is 0 Å². The van der Waals surface area contributed by atoms with E-state index >= 15 is 0 Å². The largest absolute Gasteiger partial charge is 0.302 e. The van der Waals surface area contributed by atoms with Crippen LogP contribution >= 0.6 is 0 Å². The average molecular weight is 223 g/mol. The normalized spacial score (nSPS) is 20.1. The first-order valence-corrected chi connectivity index (χ1v) is 5.87. The lowest BCUT2D eigenvalue weighted by atomic mass is 9.83. The van der Waals surface area contributed by atoms with E-state index in [1.807, 2.05) is 13.8 Å². The van der Waals surface area contributed by atoms with Crippen LogP contribution in [0, 0.1) is 5.41 Å². The van der Waals surface area contributed by atoms with Gasteiger partial charge in [-0.15, -0.1) is 0 Å². The summed E-state index contributed by atoms with van der Waals surface area (Å²) in [5, 5.41) is 0. The van der Waals surface area contributed by atoms with Crippen LogP contribution in [0.1, 0.15) is 34.6 Å². The molecule has 3 heteroatoms. The van der Waals surface area contributed by atoms with Crippen LogP contribution in [-0.2, 0) is 9.59 Å². The Kier molecular flexibility index (Phi) is 3.68. The maximum absolute atomic E-state index is 12.1. The van der Waals surface area contributed by atoms with E-state index in [9.17, 15) is 9.59 Å². The smallest absolute Gasteiger partial charge is 0.173 e. The standard InChI is InChI=1S/C13H21NO2/c1-6-14(7-2)8-13(5)11(15)9(3)10(4)12(13)16/h6-8H2,1-5H3. The predicted molar refractivity (Wildman–Crippen MR) is 64.3 cm³/mol. The summed E-state index contributed by atoms with van der Waals surface area (Å²) in [6, 6.07) is 0.